The molecule has 0 bridgehead atoms. The summed E-state index contributed by atoms with van der Waals surface area (Å²) in [6, 6.07) is 13.1. The predicted octanol–water partition coefficient (Wildman–Crippen LogP) is 3.14. The van der Waals surface area contributed by atoms with Gasteiger partial charge in [-0.1, -0.05) is 48.0 Å². The number of aliphatic carboxylic acids is 1. The predicted molar refractivity (Wildman–Crippen MR) is 94.2 cm³/mol. The maximum Gasteiger partial charge on any atom is 0.312 e. The third-order valence-corrected chi connectivity index (χ3v) is 4.18. The summed E-state index contributed by atoms with van der Waals surface area (Å²) in [7, 11) is 0. The molecule has 24 heavy (non-hydrogen) atoms. The van der Waals surface area contributed by atoms with Gasteiger partial charge in [0.15, 0.2) is 0 Å². The summed E-state index contributed by atoms with van der Waals surface area (Å²) in [4.78, 5) is 23.7. The molecular formula is C20H23NO3. The van der Waals surface area contributed by atoms with E-state index in [1.807, 2.05) is 26.8 Å². The van der Waals surface area contributed by atoms with E-state index < -0.39 is 11.9 Å². The number of nitrogens with one attached hydrogen (secondary N) is 1. The van der Waals surface area contributed by atoms with Crippen LogP contribution in [-0.2, 0) is 16.0 Å². The normalized spacial score (nSPS) is 11.8. The van der Waals surface area contributed by atoms with Gasteiger partial charge in [0.1, 0.15) is 0 Å². The number of carbonyl (C=O) groups excluding carboxylic acids is 1. The van der Waals surface area contributed by atoms with Gasteiger partial charge in [-0.3, -0.25) is 9.59 Å². The molecule has 0 radical (unpaired) electrons. The van der Waals surface area contributed by atoms with Gasteiger partial charge in [0.2, 0.25) is 5.91 Å². The van der Waals surface area contributed by atoms with E-state index in [0.29, 0.717) is 5.56 Å². The average molecular weight is 325 g/mol. The molecule has 2 aromatic carbocycles. The summed E-state index contributed by atoms with van der Waals surface area (Å²) in [6.45, 7) is 6.10. The average Bonchev–Trinajstić information content (AvgIpc) is 2.51. The van der Waals surface area contributed by atoms with Gasteiger partial charge in [0.25, 0.3) is 0 Å². The molecule has 0 fully saturated rings. The second-order valence-corrected chi connectivity index (χ2v) is 6.16. The molecule has 0 saturated carbocycles. The molecule has 4 heteroatoms. The smallest absolute Gasteiger partial charge is 0.312 e. The molecule has 2 rings (SSSR count). The summed E-state index contributed by atoms with van der Waals surface area (Å²) in [5.41, 5.74) is 5.03. The molecule has 2 N–H and O–H groups in total. The Balaban J connectivity index is 2.03. The number of amides is 1. The van der Waals surface area contributed by atoms with Crippen LogP contribution in [0.4, 0.5) is 0 Å². The Hall–Kier alpha value is -2.62. The van der Waals surface area contributed by atoms with E-state index in [0.717, 1.165) is 16.7 Å². The number of benzene rings is 2. The van der Waals surface area contributed by atoms with Crippen LogP contribution >= 0.6 is 0 Å². The number of carboxylic acid groups (broad SMARTS) is 1. The third kappa shape index (κ3) is 4.44. The minimum atomic E-state index is -0.941. The Morgan fingerprint density at radius 1 is 1.04 bits per heavy atom. The summed E-state index contributed by atoms with van der Waals surface area (Å²) in [5.74, 6) is -1.84. The van der Waals surface area contributed by atoms with Crippen molar-refractivity contribution in [3.63, 3.8) is 0 Å². The van der Waals surface area contributed by atoms with Gasteiger partial charge >= 0.3 is 5.97 Å². The number of rotatable bonds is 6. The molecule has 0 aliphatic rings. The van der Waals surface area contributed by atoms with Crippen LogP contribution in [0.1, 0.15) is 33.7 Å². The minimum Gasteiger partial charge on any atom is -0.481 e. The van der Waals surface area contributed by atoms with Crippen LogP contribution in [0.2, 0.25) is 0 Å². The van der Waals surface area contributed by atoms with Crippen molar-refractivity contribution in [3.8, 4) is 0 Å². The van der Waals surface area contributed by atoms with E-state index in [-0.39, 0.29) is 18.9 Å². The van der Waals surface area contributed by atoms with Crippen LogP contribution in [0, 0.1) is 20.8 Å². The zero-order valence-electron chi connectivity index (χ0n) is 14.3. The first-order valence-electron chi connectivity index (χ1n) is 7.99. The van der Waals surface area contributed by atoms with E-state index in [9.17, 15) is 14.7 Å². The van der Waals surface area contributed by atoms with Crippen LogP contribution in [0.5, 0.6) is 0 Å². The monoisotopic (exact) mass is 325 g/mol. The Morgan fingerprint density at radius 2 is 1.62 bits per heavy atom. The van der Waals surface area contributed by atoms with Crippen molar-refractivity contribution in [2.45, 2.75) is 33.1 Å². The second kappa shape index (κ2) is 7.77. The highest BCUT2D eigenvalue weighted by molar-refractivity contribution is 5.81. The molecule has 1 unspecified atom stereocenters. The van der Waals surface area contributed by atoms with Crippen LogP contribution < -0.4 is 5.32 Å². The molecule has 0 aliphatic heterocycles. The highest BCUT2D eigenvalue weighted by Gasteiger charge is 2.20. The largest absolute Gasteiger partial charge is 0.481 e. The van der Waals surface area contributed by atoms with Crippen LogP contribution in [0.25, 0.3) is 0 Å². The van der Waals surface area contributed by atoms with Crippen molar-refractivity contribution in [2.75, 3.05) is 6.54 Å². The first-order valence-corrected chi connectivity index (χ1v) is 7.99. The number of hydrogen-bond acceptors (Lipinski definition) is 2. The van der Waals surface area contributed by atoms with E-state index in [2.05, 4.69) is 17.4 Å². The Morgan fingerprint density at radius 3 is 2.17 bits per heavy atom. The fourth-order valence-corrected chi connectivity index (χ4v) is 2.96. The van der Waals surface area contributed by atoms with Gasteiger partial charge in [-0.25, -0.2) is 0 Å². The molecule has 2 aromatic rings. The zero-order valence-corrected chi connectivity index (χ0v) is 14.3. The lowest BCUT2D eigenvalue weighted by Crippen LogP contribution is -2.33. The van der Waals surface area contributed by atoms with Gasteiger partial charge in [0.05, 0.1) is 12.3 Å². The van der Waals surface area contributed by atoms with Gasteiger partial charge < -0.3 is 10.4 Å². The first kappa shape index (κ1) is 17.7. The third-order valence-electron chi connectivity index (χ3n) is 4.18. The van der Waals surface area contributed by atoms with E-state index in [1.165, 1.54) is 5.56 Å². The Kier molecular flexibility index (Phi) is 5.74. The minimum absolute atomic E-state index is 0.0855. The topological polar surface area (TPSA) is 66.4 Å². The molecular weight excluding hydrogens is 302 g/mol. The summed E-state index contributed by atoms with van der Waals surface area (Å²) in [5, 5.41) is 12.2. The van der Waals surface area contributed by atoms with Crippen LogP contribution in [-0.4, -0.2) is 23.5 Å². The molecule has 0 aromatic heterocycles. The van der Waals surface area contributed by atoms with Crippen LogP contribution in [0.15, 0.2) is 42.5 Å². The van der Waals surface area contributed by atoms with Crippen molar-refractivity contribution in [1.29, 1.82) is 0 Å². The number of hydrogen-bond donors (Lipinski definition) is 2. The first-order chi connectivity index (χ1) is 11.4. The van der Waals surface area contributed by atoms with Gasteiger partial charge in [-0.15, -0.1) is 0 Å². The second-order valence-electron chi connectivity index (χ2n) is 6.16. The number of carboxylic acids is 1. The quantitative estimate of drug-likeness (QED) is 0.857. The van der Waals surface area contributed by atoms with E-state index in [1.54, 1.807) is 24.3 Å². The van der Waals surface area contributed by atoms with Gasteiger partial charge in [-0.2, -0.15) is 0 Å². The zero-order chi connectivity index (χ0) is 17.7. The fourth-order valence-electron chi connectivity index (χ4n) is 2.96. The van der Waals surface area contributed by atoms with Crippen molar-refractivity contribution in [3.05, 3.63) is 70.3 Å². The summed E-state index contributed by atoms with van der Waals surface area (Å²) < 4.78 is 0. The fraction of sp³-hybridized carbons (Fsp3) is 0.300. The van der Waals surface area contributed by atoms with Crippen LogP contribution in [0.3, 0.4) is 0 Å². The van der Waals surface area contributed by atoms with Crippen molar-refractivity contribution >= 4 is 11.9 Å². The number of carbonyl (C=O) groups is 2. The van der Waals surface area contributed by atoms with Crippen molar-refractivity contribution < 1.29 is 14.7 Å². The van der Waals surface area contributed by atoms with Gasteiger partial charge in [-0.05, 0) is 43.0 Å². The molecule has 0 aliphatic carbocycles. The van der Waals surface area contributed by atoms with E-state index >= 15 is 0 Å². The highest BCUT2D eigenvalue weighted by atomic mass is 16.4. The molecule has 4 nitrogen and oxygen atoms in total. The molecule has 1 atom stereocenters. The maximum absolute atomic E-state index is 12.3. The molecule has 0 saturated heterocycles. The Bertz CT molecular complexity index is 715. The lowest BCUT2D eigenvalue weighted by atomic mass is 9.96. The molecule has 1 amide bonds. The standard InChI is InChI=1S/C20H23NO3/c1-13-9-14(2)17(15(3)10-13)11-19(22)21-12-18(20(23)24)16-7-5-4-6-8-16/h4-10,18H,11-12H2,1-3H3,(H,21,22)(H,23,24). The molecule has 126 valence electrons. The Labute approximate surface area is 142 Å². The summed E-state index contributed by atoms with van der Waals surface area (Å²) in [6.07, 6.45) is 0.263. The summed E-state index contributed by atoms with van der Waals surface area (Å²) >= 11 is 0. The lowest BCUT2D eigenvalue weighted by molar-refractivity contribution is -0.138. The molecule has 0 spiro atoms. The highest BCUT2D eigenvalue weighted by Crippen LogP contribution is 2.18. The van der Waals surface area contributed by atoms with Crippen molar-refractivity contribution in [2.24, 2.45) is 0 Å². The lowest BCUT2D eigenvalue weighted by Gasteiger charge is -2.15. The van der Waals surface area contributed by atoms with Crippen molar-refractivity contribution in [1.82, 2.24) is 5.32 Å². The number of aryl methyl sites for hydroxylation is 3. The van der Waals surface area contributed by atoms with E-state index in [4.69, 9.17) is 0 Å². The molecule has 0 heterocycles. The SMILES string of the molecule is Cc1cc(C)c(CC(=O)NCC(C(=O)O)c2ccccc2)c(C)c1. The maximum atomic E-state index is 12.3. The van der Waals surface area contributed by atoms with Gasteiger partial charge in [0, 0.05) is 6.54 Å².